The molecule has 0 heterocycles. The summed E-state index contributed by atoms with van der Waals surface area (Å²) in [4.78, 5) is 13.2. The summed E-state index contributed by atoms with van der Waals surface area (Å²) in [6, 6.07) is 5.88. The van der Waals surface area contributed by atoms with E-state index in [2.05, 4.69) is 37.5 Å². The minimum atomic E-state index is -0.343. The largest absolute Gasteiger partial charge is 0.393 e. The van der Waals surface area contributed by atoms with Crippen molar-refractivity contribution in [2.45, 2.75) is 63.7 Å². The van der Waals surface area contributed by atoms with Gasteiger partial charge in [0.05, 0.1) is 6.10 Å². The van der Waals surface area contributed by atoms with Gasteiger partial charge >= 0.3 is 6.03 Å². The Balaban J connectivity index is 2.55. The van der Waals surface area contributed by atoms with Gasteiger partial charge in [-0.1, -0.05) is 27.7 Å². The predicted molar refractivity (Wildman–Crippen MR) is 99.3 cm³/mol. The third kappa shape index (κ3) is 8.28. The van der Waals surface area contributed by atoms with Crippen LogP contribution < -0.4 is 10.6 Å². The van der Waals surface area contributed by atoms with Gasteiger partial charge in [-0.05, 0) is 49.9 Å². The fourth-order valence-electron chi connectivity index (χ4n) is 2.29. The number of aliphatic hydroxyl groups is 1. The minimum absolute atomic E-state index is 0.165. The van der Waals surface area contributed by atoms with Crippen LogP contribution in [0.15, 0.2) is 23.1 Å². The summed E-state index contributed by atoms with van der Waals surface area (Å²) < 4.78 is 0.165. The maximum atomic E-state index is 12.0. The number of aryl methyl sites for hydroxylation is 1. The summed E-state index contributed by atoms with van der Waals surface area (Å²) in [7, 11) is 0. The second kappa shape index (κ2) is 8.60. The molecular formula is C18H30N2O2S. The number of benzene rings is 1. The first-order valence-corrected chi connectivity index (χ1v) is 8.91. The molecule has 130 valence electrons. The number of amides is 2. The molecule has 2 atom stereocenters. The van der Waals surface area contributed by atoms with Gasteiger partial charge in [0.2, 0.25) is 0 Å². The standard InChI is InChI=1S/C18H30N2O2S/c1-12(9-14(3)21)11-19-17(22)20-16-8-7-15(10-13(16)2)23-18(4,5)6/h7-8,10,12,14,21H,9,11H2,1-6H3,(H2,19,20,22). The highest BCUT2D eigenvalue weighted by Crippen LogP contribution is 2.33. The fourth-order valence-corrected chi connectivity index (χ4v) is 3.37. The van der Waals surface area contributed by atoms with Crippen LogP contribution in [0.25, 0.3) is 0 Å². The number of nitrogens with one attached hydrogen (secondary N) is 2. The molecule has 4 nitrogen and oxygen atoms in total. The summed E-state index contributed by atoms with van der Waals surface area (Å²) in [6.07, 6.45) is 0.336. The van der Waals surface area contributed by atoms with E-state index in [1.807, 2.05) is 37.7 Å². The lowest BCUT2D eigenvalue weighted by molar-refractivity contribution is 0.163. The molecule has 0 radical (unpaired) electrons. The van der Waals surface area contributed by atoms with Crippen LogP contribution in [0.5, 0.6) is 0 Å². The maximum absolute atomic E-state index is 12.0. The smallest absolute Gasteiger partial charge is 0.319 e. The van der Waals surface area contributed by atoms with E-state index in [-0.39, 0.29) is 22.8 Å². The van der Waals surface area contributed by atoms with Gasteiger partial charge in [-0.3, -0.25) is 0 Å². The molecule has 0 fully saturated rings. The molecule has 0 aliphatic carbocycles. The summed E-state index contributed by atoms with van der Waals surface area (Å²) in [5, 5.41) is 15.1. The Bertz CT molecular complexity index is 524. The minimum Gasteiger partial charge on any atom is -0.393 e. The molecule has 0 aromatic heterocycles. The highest BCUT2D eigenvalue weighted by Gasteiger charge is 2.13. The predicted octanol–water partition coefficient (Wildman–Crippen LogP) is 4.41. The topological polar surface area (TPSA) is 61.4 Å². The van der Waals surface area contributed by atoms with Gasteiger partial charge in [0.15, 0.2) is 0 Å². The average Bonchev–Trinajstić information content (AvgIpc) is 2.37. The number of rotatable bonds is 6. The quantitative estimate of drug-likeness (QED) is 0.673. The van der Waals surface area contributed by atoms with Gasteiger partial charge in [0, 0.05) is 21.9 Å². The molecule has 0 aliphatic rings. The highest BCUT2D eigenvalue weighted by atomic mass is 32.2. The molecule has 1 aromatic carbocycles. The molecule has 3 N–H and O–H groups in total. The Kier molecular flexibility index (Phi) is 7.42. The SMILES string of the molecule is Cc1cc(SC(C)(C)C)ccc1NC(=O)NCC(C)CC(C)O. The number of hydrogen-bond acceptors (Lipinski definition) is 3. The number of anilines is 1. The second-order valence-electron chi connectivity index (χ2n) is 7.22. The third-order valence-electron chi connectivity index (χ3n) is 3.22. The summed E-state index contributed by atoms with van der Waals surface area (Å²) in [6.45, 7) is 12.9. The van der Waals surface area contributed by atoms with Crippen molar-refractivity contribution in [1.29, 1.82) is 0 Å². The lowest BCUT2D eigenvalue weighted by Crippen LogP contribution is -2.33. The van der Waals surface area contributed by atoms with Crippen LogP contribution in [-0.2, 0) is 0 Å². The van der Waals surface area contributed by atoms with Crippen molar-refractivity contribution >= 4 is 23.5 Å². The monoisotopic (exact) mass is 338 g/mol. The van der Waals surface area contributed by atoms with E-state index in [9.17, 15) is 9.90 Å². The van der Waals surface area contributed by atoms with Crippen molar-refractivity contribution < 1.29 is 9.90 Å². The van der Waals surface area contributed by atoms with Crippen molar-refractivity contribution in [3.63, 3.8) is 0 Å². The average molecular weight is 339 g/mol. The lowest BCUT2D eigenvalue weighted by atomic mass is 10.1. The fraction of sp³-hybridized carbons (Fsp3) is 0.611. The molecule has 0 saturated carbocycles. The number of hydrogen-bond donors (Lipinski definition) is 3. The molecule has 5 heteroatoms. The molecular weight excluding hydrogens is 308 g/mol. The van der Waals surface area contributed by atoms with Crippen molar-refractivity contribution in [3.05, 3.63) is 23.8 Å². The van der Waals surface area contributed by atoms with Gasteiger partial charge < -0.3 is 15.7 Å². The molecule has 1 aromatic rings. The van der Waals surface area contributed by atoms with E-state index in [1.165, 1.54) is 4.90 Å². The van der Waals surface area contributed by atoms with Crippen LogP contribution in [0.2, 0.25) is 0 Å². The van der Waals surface area contributed by atoms with Crippen molar-refractivity contribution in [1.82, 2.24) is 5.32 Å². The number of urea groups is 1. The molecule has 0 aliphatic heterocycles. The van der Waals surface area contributed by atoms with E-state index < -0.39 is 0 Å². The zero-order valence-electron chi connectivity index (χ0n) is 15.1. The van der Waals surface area contributed by atoms with Gasteiger partial charge in [0.25, 0.3) is 0 Å². The van der Waals surface area contributed by atoms with E-state index >= 15 is 0 Å². The first-order valence-electron chi connectivity index (χ1n) is 8.09. The molecule has 2 unspecified atom stereocenters. The van der Waals surface area contributed by atoms with E-state index in [1.54, 1.807) is 6.92 Å². The van der Waals surface area contributed by atoms with Crippen LogP contribution in [0.3, 0.4) is 0 Å². The summed E-state index contributed by atoms with van der Waals surface area (Å²) in [5.41, 5.74) is 1.87. The Hall–Kier alpha value is -1.20. The zero-order valence-corrected chi connectivity index (χ0v) is 15.9. The highest BCUT2D eigenvalue weighted by molar-refractivity contribution is 8.00. The number of aliphatic hydroxyl groups excluding tert-OH is 1. The van der Waals surface area contributed by atoms with E-state index in [4.69, 9.17) is 0 Å². The number of thioether (sulfide) groups is 1. The van der Waals surface area contributed by atoms with Gasteiger partial charge in [-0.2, -0.15) is 0 Å². The molecule has 0 saturated heterocycles. The van der Waals surface area contributed by atoms with Gasteiger partial charge in [-0.15, -0.1) is 11.8 Å². The van der Waals surface area contributed by atoms with Crippen LogP contribution in [0.1, 0.15) is 46.6 Å². The third-order valence-corrected chi connectivity index (χ3v) is 4.33. The molecule has 2 amide bonds. The van der Waals surface area contributed by atoms with Crippen molar-refractivity contribution in [3.8, 4) is 0 Å². The van der Waals surface area contributed by atoms with E-state index in [0.717, 1.165) is 11.3 Å². The maximum Gasteiger partial charge on any atom is 0.319 e. The van der Waals surface area contributed by atoms with Crippen molar-refractivity contribution in [2.24, 2.45) is 5.92 Å². The van der Waals surface area contributed by atoms with E-state index in [0.29, 0.717) is 13.0 Å². The van der Waals surface area contributed by atoms with Gasteiger partial charge in [0.1, 0.15) is 0 Å². The summed E-state index contributed by atoms with van der Waals surface area (Å²) in [5.74, 6) is 0.243. The van der Waals surface area contributed by atoms with Gasteiger partial charge in [-0.25, -0.2) is 4.79 Å². The first kappa shape index (κ1) is 19.8. The zero-order chi connectivity index (χ0) is 17.6. The lowest BCUT2D eigenvalue weighted by Gasteiger charge is -2.19. The first-order chi connectivity index (χ1) is 10.6. The Morgan fingerprint density at radius 2 is 1.96 bits per heavy atom. The van der Waals surface area contributed by atoms with Crippen LogP contribution in [0, 0.1) is 12.8 Å². The number of carbonyl (C=O) groups is 1. The normalized spacial score (nSPS) is 14.2. The van der Waals surface area contributed by atoms with Crippen LogP contribution in [0.4, 0.5) is 10.5 Å². The number of carbonyl (C=O) groups excluding carboxylic acids is 1. The van der Waals surface area contributed by atoms with Crippen LogP contribution in [-0.4, -0.2) is 28.5 Å². The molecule has 0 spiro atoms. The Morgan fingerprint density at radius 1 is 1.30 bits per heavy atom. The Morgan fingerprint density at radius 3 is 2.48 bits per heavy atom. The molecule has 1 rings (SSSR count). The molecule has 23 heavy (non-hydrogen) atoms. The van der Waals surface area contributed by atoms with Crippen LogP contribution >= 0.6 is 11.8 Å². The van der Waals surface area contributed by atoms with Crippen molar-refractivity contribution in [2.75, 3.05) is 11.9 Å². The molecule has 0 bridgehead atoms. The Labute approximate surface area is 144 Å². The second-order valence-corrected chi connectivity index (χ2v) is 9.12. The summed E-state index contributed by atoms with van der Waals surface area (Å²) >= 11 is 1.81.